The smallest absolute Gasteiger partial charge is 0.338 e. The van der Waals surface area contributed by atoms with E-state index in [0.717, 1.165) is 12.8 Å². The molecule has 12 heavy (non-hydrogen) atoms. The first-order chi connectivity index (χ1) is 5.70. The molecule has 0 unspecified atom stereocenters. The van der Waals surface area contributed by atoms with Gasteiger partial charge in [-0.05, 0) is 13.3 Å². The summed E-state index contributed by atoms with van der Waals surface area (Å²) in [5.74, 6) is -1.03. The van der Waals surface area contributed by atoms with Crippen LogP contribution in [0, 0.1) is 0 Å². The maximum atomic E-state index is 10.8. The van der Waals surface area contributed by atoms with Crippen molar-refractivity contribution < 1.29 is 14.3 Å². The largest absolute Gasteiger partial charge is 0.390 e. The molecule has 0 aliphatic rings. The monoisotopic (exact) mass is 170 g/mol. The van der Waals surface area contributed by atoms with Gasteiger partial charge >= 0.3 is 11.9 Å². The number of carbonyl (C=O) groups excluding carboxylic acids is 2. The van der Waals surface area contributed by atoms with Gasteiger partial charge in [-0.2, -0.15) is 0 Å². The van der Waals surface area contributed by atoms with E-state index in [0.29, 0.717) is 6.42 Å². The molecule has 0 bridgehead atoms. The van der Waals surface area contributed by atoms with Crippen molar-refractivity contribution >= 4 is 11.9 Å². The second-order valence-corrected chi connectivity index (χ2v) is 2.40. The summed E-state index contributed by atoms with van der Waals surface area (Å²) in [6, 6.07) is 0. The van der Waals surface area contributed by atoms with Gasteiger partial charge in [0.2, 0.25) is 0 Å². The van der Waals surface area contributed by atoms with Gasteiger partial charge in [-0.1, -0.05) is 19.4 Å². The molecule has 0 aromatic rings. The summed E-state index contributed by atoms with van der Waals surface area (Å²) in [7, 11) is 0. The van der Waals surface area contributed by atoms with Crippen LogP contribution >= 0.6 is 0 Å². The van der Waals surface area contributed by atoms with Crippen LogP contribution < -0.4 is 0 Å². The van der Waals surface area contributed by atoms with Crippen molar-refractivity contribution in [1.29, 1.82) is 0 Å². The van der Waals surface area contributed by atoms with E-state index in [-0.39, 0.29) is 0 Å². The van der Waals surface area contributed by atoms with Crippen molar-refractivity contribution in [2.24, 2.45) is 0 Å². The highest BCUT2D eigenvalue weighted by molar-refractivity contribution is 5.91. The summed E-state index contributed by atoms with van der Waals surface area (Å²) in [6.45, 7) is 3.67. The topological polar surface area (TPSA) is 43.4 Å². The highest BCUT2D eigenvalue weighted by Crippen LogP contribution is 1.96. The molecule has 0 atom stereocenters. The first-order valence-electron chi connectivity index (χ1n) is 4.08. The highest BCUT2D eigenvalue weighted by atomic mass is 16.6. The van der Waals surface area contributed by atoms with Gasteiger partial charge in [-0.15, -0.1) is 0 Å². The van der Waals surface area contributed by atoms with Gasteiger partial charge in [0.1, 0.15) is 0 Å². The summed E-state index contributed by atoms with van der Waals surface area (Å²) in [5.41, 5.74) is 0. The van der Waals surface area contributed by atoms with Crippen molar-refractivity contribution in [3.63, 3.8) is 0 Å². The standard InChI is InChI=1S/C9H14O3/c1-3-5-7-9(11)12-8(10)6-4-2/h4,6H,3,5,7H2,1-2H3/b6-4+. The molecule has 0 aliphatic heterocycles. The van der Waals surface area contributed by atoms with Crippen LogP contribution in [0.2, 0.25) is 0 Å². The molecule has 0 aliphatic carbocycles. The average molecular weight is 170 g/mol. The second-order valence-electron chi connectivity index (χ2n) is 2.40. The van der Waals surface area contributed by atoms with E-state index < -0.39 is 11.9 Å². The van der Waals surface area contributed by atoms with E-state index in [1.54, 1.807) is 6.92 Å². The number of carbonyl (C=O) groups is 2. The third-order valence-electron chi connectivity index (χ3n) is 1.25. The Hall–Kier alpha value is -1.12. The molecule has 0 radical (unpaired) electrons. The number of hydrogen-bond acceptors (Lipinski definition) is 3. The molecule has 0 aromatic heterocycles. The Kier molecular flexibility index (Phi) is 5.97. The Morgan fingerprint density at radius 3 is 2.58 bits per heavy atom. The van der Waals surface area contributed by atoms with Gasteiger partial charge in [-0.3, -0.25) is 4.79 Å². The minimum atomic E-state index is -0.585. The predicted molar refractivity (Wildman–Crippen MR) is 45.4 cm³/mol. The molecule has 0 saturated heterocycles. The molecule has 3 heteroatoms. The van der Waals surface area contributed by atoms with Crippen LogP contribution in [0.3, 0.4) is 0 Å². The molecule has 0 heterocycles. The van der Waals surface area contributed by atoms with Crippen LogP contribution in [0.25, 0.3) is 0 Å². The van der Waals surface area contributed by atoms with E-state index >= 15 is 0 Å². The Morgan fingerprint density at radius 1 is 1.42 bits per heavy atom. The van der Waals surface area contributed by atoms with E-state index in [9.17, 15) is 9.59 Å². The molecule has 0 spiro atoms. The summed E-state index contributed by atoms with van der Waals surface area (Å²) in [6.07, 6.45) is 4.77. The number of ether oxygens (including phenoxy) is 1. The fraction of sp³-hybridized carbons (Fsp3) is 0.556. The first kappa shape index (κ1) is 10.9. The number of rotatable bonds is 4. The normalized spacial score (nSPS) is 10.2. The Bertz CT molecular complexity index is 182. The van der Waals surface area contributed by atoms with Gasteiger partial charge < -0.3 is 4.74 Å². The minimum absolute atomic E-state index is 0.319. The molecule has 3 nitrogen and oxygen atoms in total. The Labute approximate surface area is 72.4 Å². The summed E-state index contributed by atoms with van der Waals surface area (Å²) in [4.78, 5) is 21.5. The van der Waals surface area contributed by atoms with Crippen molar-refractivity contribution in [2.75, 3.05) is 0 Å². The predicted octanol–water partition coefficient (Wildman–Crippen LogP) is 1.82. The van der Waals surface area contributed by atoms with Crippen LogP contribution in [0.4, 0.5) is 0 Å². The Balaban J connectivity index is 3.62. The molecule has 0 N–H and O–H groups in total. The molecule has 0 fully saturated rings. The van der Waals surface area contributed by atoms with Crippen LogP contribution in [0.1, 0.15) is 33.1 Å². The van der Waals surface area contributed by atoms with Gasteiger partial charge in [0, 0.05) is 12.5 Å². The zero-order valence-electron chi connectivity index (χ0n) is 7.50. The molecule has 0 rings (SSSR count). The molecular weight excluding hydrogens is 156 g/mol. The molecule has 68 valence electrons. The maximum Gasteiger partial charge on any atom is 0.338 e. The molecule has 0 amide bonds. The zero-order chi connectivity index (χ0) is 9.40. The maximum absolute atomic E-state index is 10.8. The van der Waals surface area contributed by atoms with Gasteiger partial charge in [0.05, 0.1) is 0 Å². The van der Waals surface area contributed by atoms with Crippen molar-refractivity contribution in [2.45, 2.75) is 33.1 Å². The lowest BCUT2D eigenvalue weighted by Crippen LogP contribution is -2.09. The van der Waals surface area contributed by atoms with Crippen LogP contribution in [0.5, 0.6) is 0 Å². The van der Waals surface area contributed by atoms with Gasteiger partial charge in [0.25, 0.3) is 0 Å². The third-order valence-corrected chi connectivity index (χ3v) is 1.25. The highest BCUT2D eigenvalue weighted by Gasteiger charge is 2.05. The number of hydrogen-bond donors (Lipinski definition) is 0. The number of esters is 2. The fourth-order valence-electron chi connectivity index (χ4n) is 0.654. The van der Waals surface area contributed by atoms with E-state index in [1.165, 1.54) is 12.2 Å². The lowest BCUT2D eigenvalue weighted by atomic mass is 10.2. The fourth-order valence-corrected chi connectivity index (χ4v) is 0.654. The SMILES string of the molecule is C/C=C/C(=O)OC(=O)CCCC. The van der Waals surface area contributed by atoms with E-state index in [4.69, 9.17) is 0 Å². The van der Waals surface area contributed by atoms with Crippen LogP contribution in [0.15, 0.2) is 12.2 Å². The van der Waals surface area contributed by atoms with Crippen molar-refractivity contribution in [3.8, 4) is 0 Å². The lowest BCUT2D eigenvalue weighted by molar-refractivity contribution is -0.156. The third kappa shape index (κ3) is 5.65. The van der Waals surface area contributed by atoms with E-state index in [2.05, 4.69) is 4.74 Å². The summed E-state index contributed by atoms with van der Waals surface area (Å²) in [5, 5.41) is 0. The van der Waals surface area contributed by atoms with Crippen LogP contribution in [-0.4, -0.2) is 11.9 Å². The molecular formula is C9H14O3. The zero-order valence-corrected chi connectivity index (χ0v) is 7.50. The van der Waals surface area contributed by atoms with Gasteiger partial charge in [0.15, 0.2) is 0 Å². The first-order valence-corrected chi connectivity index (χ1v) is 4.08. The number of allylic oxidation sites excluding steroid dienone is 1. The van der Waals surface area contributed by atoms with Gasteiger partial charge in [-0.25, -0.2) is 4.79 Å². The average Bonchev–Trinajstić information content (AvgIpc) is 2.01. The van der Waals surface area contributed by atoms with Crippen molar-refractivity contribution in [1.82, 2.24) is 0 Å². The number of unbranched alkanes of at least 4 members (excludes halogenated alkanes) is 1. The van der Waals surface area contributed by atoms with E-state index in [1.807, 2.05) is 6.92 Å². The Morgan fingerprint density at radius 2 is 2.08 bits per heavy atom. The minimum Gasteiger partial charge on any atom is -0.390 e. The van der Waals surface area contributed by atoms with Crippen LogP contribution in [-0.2, 0) is 14.3 Å². The summed E-state index contributed by atoms with van der Waals surface area (Å²) >= 11 is 0. The lowest BCUT2D eigenvalue weighted by Gasteiger charge is -1.97. The quantitative estimate of drug-likeness (QED) is 0.367. The van der Waals surface area contributed by atoms with Crippen molar-refractivity contribution in [3.05, 3.63) is 12.2 Å². The summed E-state index contributed by atoms with van der Waals surface area (Å²) < 4.78 is 4.43. The molecule has 0 saturated carbocycles. The second kappa shape index (κ2) is 6.58. The molecule has 0 aromatic carbocycles.